The number of nitrogens with one attached hydrogen (secondary N) is 5. The molecular formula is C22H24FN5O3. The molecule has 162 valence electrons. The fourth-order valence-electron chi connectivity index (χ4n) is 4.05. The van der Waals surface area contributed by atoms with Gasteiger partial charge in [0.1, 0.15) is 5.82 Å². The summed E-state index contributed by atoms with van der Waals surface area (Å²) in [6.45, 7) is 3.85. The first-order valence-electron chi connectivity index (χ1n) is 10.1. The topological polar surface area (TPSA) is 111 Å². The highest BCUT2D eigenvalue weighted by atomic mass is 19.1. The van der Waals surface area contributed by atoms with E-state index in [4.69, 9.17) is 0 Å². The van der Waals surface area contributed by atoms with Crippen LogP contribution in [0.3, 0.4) is 0 Å². The van der Waals surface area contributed by atoms with E-state index in [2.05, 4.69) is 26.6 Å². The van der Waals surface area contributed by atoms with Crippen molar-refractivity contribution >= 4 is 29.1 Å². The highest BCUT2D eigenvalue weighted by Crippen LogP contribution is 2.28. The fourth-order valence-corrected chi connectivity index (χ4v) is 4.05. The van der Waals surface area contributed by atoms with E-state index in [0.29, 0.717) is 11.4 Å². The van der Waals surface area contributed by atoms with Gasteiger partial charge in [-0.05, 0) is 49.7 Å². The summed E-state index contributed by atoms with van der Waals surface area (Å²) in [6, 6.07) is 11.3. The zero-order valence-electron chi connectivity index (χ0n) is 17.2. The SMILES string of the molecule is Cc1ccc(NC(=O)C2CC(=O)NC3NC(Nc4ccc(F)cc4)NC(=O)C32)c(C)c1. The smallest absolute Gasteiger partial charge is 0.229 e. The summed E-state index contributed by atoms with van der Waals surface area (Å²) < 4.78 is 13.1. The van der Waals surface area contributed by atoms with Crippen LogP contribution in [0.1, 0.15) is 17.5 Å². The molecule has 0 saturated carbocycles. The van der Waals surface area contributed by atoms with Crippen LogP contribution in [0.25, 0.3) is 0 Å². The Balaban J connectivity index is 1.48. The predicted octanol–water partition coefficient (Wildman–Crippen LogP) is 1.57. The maximum atomic E-state index is 13.1. The van der Waals surface area contributed by atoms with E-state index in [0.717, 1.165) is 11.1 Å². The van der Waals surface area contributed by atoms with E-state index < -0.39 is 24.3 Å². The van der Waals surface area contributed by atoms with Gasteiger partial charge in [-0.15, -0.1) is 0 Å². The van der Waals surface area contributed by atoms with Gasteiger partial charge in [0.05, 0.1) is 18.0 Å². The highest BCUT2D eigenvalue weighted by molar-refractivity contribution is 6.00. The average molecular weight is 425 g/mol. The van der Waals surface area contributed by atoms with Gasteiger partial charge in [0, 0.05) is 17.8 Å². The molecule has 0 radical (unpaired) electrons. The molecule has 2 fully saturated rings. The number of carbonyl (C=O) groups is 3. The van der Waals surface area contributed by atoms with Crippen molar-refractivity contribution in [3.05, 3.63) is 59.4 Å². The Morgan fingerprint density at radius 3 is 2.52 bits per heavy atom. The number of benzene rings is 2. The summed E-state index contributed by atoms with van der Waals surface area (Å²) in [5.41, 5.74) is 3.21. The second-order valence-corrected chi connectivity index (χ2v) is 7.95. The van der Waals surface area contributed by atoms with Crippen molar-refractivity contribution in [3.8, 4) is 0 Å². The summed E-state index contributed by atoms with van der Waals surface area (Å²) in [7, 11) is 0. The molecule has 0 spiro atoms. The average Bonchev–Trinajstić information content (AvgIpc) is 2.71. The van der Waals surface area contributed by atoms with Gasteiger partial charge in [0.25, 0.3) is 0 Å². The van der Waals surface area contributed by atoms with Gasteiger partial charge >= 0.3 is 0 Å². The molecule has 31 heavy (non-hydrogen) atoms. The molecule has 2 aliphatic rings. The molecule has 9 heteroatoms. The second-order valence-electron chi connectivity index (χ2n) is 7.95. The fraction of sp³-hybridized carbons (Fsp3) is 0.318. The lowest BCUT2D eigenvalue weighted by Crippen LogP contribution is -2.72. The molecule has 2 aromatic carbocycles. The molecule has 2 heterocycles. The number of rotatable bonds is 4. The van der Waals surface area contributed by atoms with E-state index in [-0.39, 0.29) is 30.0 Å². The monoisotopic (exact) mass is 425 g/mol. The quantitative estimate of drug-likeness (QED) is 0.511. The molecule has 2 saturated heterocycles. The molecule has 0 aromatic heterocycles. The van der Waals surface area contributed by atoms with Crippen LogP contribution in [0, 0.1) is 31.5 Å². The third-order valence-corrected chi connectivity index (χ3v) is 5.58. The van der Waals surface area contributed by atoms with Crippen LogP contribution < -0.4 is 26.6 Å². The summed E-state index contributed by atoms with van der Waals surface area (Å²) >= 11 is 0. The third-order valence-electron chi connectivity index (χ3n) is 5.58. The van der Waals surface area contributed by atoms with E-state index in [1.165, 1.54) is 24.3 Å². The van der Waals surface area contributed by atoms with Gasteiger partial charge in [0.15, 0.2) is 6.29 Å². The van der Waals surface area contributed by atoms with E-state index in [1.807, 2.05) is 32.0 Å². The van der Waals surface area contributed by atoms with E-state index in [9.17, 15) is 18.8 Å². The maximum absolute atomic E-state index is 13.1. The molecule has 0 aliphatic carbocycles. The third kappa shape index (κ3) is 4.51. The zero-order valence-corrected chi connectivity index (χ0v) is 17.2. The van der Waals surface area contributed by atoms with Crippen LogP contribution in [0.15, 0.2) is 42.5 Å². The number of fused-ring (bicyclic) bond motifs is 1. The minimum absolute atomic E-state index is 0.0803. The van der Waals surface area contributed by atoms with E-state index >= 15 is 0 Å². The van der Waals surface area contributed by atoms with Crippen molar-refractivity contribution in [1.29, 1.82) is 0 Å². The molecular weight excluding hydrogens is 401 g/mol. The minimum atomic E-state index is -0.821. The first-order chi connectivity index (χ1) is 14.8. The lowest BCUT2D eigenvalue weighted by Gasteiger charge is -2.43. The first-order valence-corrected chi connectivity index (χ1v) is 10.1. The molecule has 0 bridgehead atoms. The summed E-state index contributed by atoms with van der Waals surface area (Å²) in [6.07, 6.45) is -1.49. The Kier molecular flexibility index (Phi) is 5.60. The number of aryl methyl sites for hydroxylation is 2. The number of halogens is 1. The van der Waals surface area contributed by atoms with Crippen molar-refractivity contribution in [1.82, 2.24) is 16.0 Å². The van der Waals surface area contributed by atoms with Crippen LogP contribution in [0.2, 0.25) is 0 Å². The molecule has 4 atom stereocenters. The zero-order chi connectivity index (χ0) is 22.1. The van der Waals surface area contributed by atoms with Crippen LogP contribution in [-0.2, 0) is 14.4 Å². The molecule has 5 N–H and O–H groups in total. The molecule has 8 nitrogen and oxygen atoms in total. The summed E-state index contributed by atoms with van der Waals surface area (Å²) in [5, 5.41) is 14.5. The lowest BCUT2D eigenvalue weighted by molar-refractivity contribution is -0.144. The maximum Gasteiger partial charge on any atom is 0.229 e. The molecule has 4 unspecified atom stereocenters. The molecule has 2 aliphatic heterocycles. The van der Waals surface area contributed by atoms with Crippen LogP contribution >= 0.6 is 0 Å². The Hall–Kier alpha value is -3.46. The second kappa shape index (κ2) is 8.35. The predicted molar refractivity (Wildman–Crippen MR) is 113 cm³/mol. The highest BCUT2D eigenvalue weighted by Gasteiger charge is 2.48. The molecule has 3 amide bonds. The van der Waals surface area contributed by atoms with Crippen LogP contribution in [0.5, 0.6) is 0 Å². The van der Waals surface area contributed by atoms with Gasteiger partial charge < -0.3 is 21.3 Å². The van der Waals surface area contributed by atoms with Crippen molar-refractivity contribution in [2.75, 3.05) is 10.6 Å². The number of anilines is 2. The Labute approximate surface area is 179 Å². The van der Waals surface area contributed by atoms with Gasteiger partial charge in [-0.25, -0.2) is 4.39 Å². The normalized spacial score (nSPS) is 25.1. The largest absolute Gasteiger partial charge is 0.353 e. The van der Waals surface area contributed by atoms with Crippen LogP contribution in [0.4, 0.5) is 15.8 Å². The van der Waals surface area contributed by atoms with Gasteiger partial charge in [0.2, 0.25) is 17.7 Å². The van der Waals surface area contributed by atoms with Crippen LogP contribution in [-0.4, -0.2) is 30.2 Å². The molecule has 2 aromatic rings. The van der Waals surface area contributed by atoms with E-state index in [1.54, 1.807) is 0 Å². The van der Waals surface area contributed by atoms with Crippen molar-refractivity contribution in [3.63, 3.8) is 0 Å². The Bertz CT molecular complexity index is 1030. The first kappa shape index (κ1) is 20.8. The number of hydrogen-bond acceptors (Lipinski definition) is 5. The number of piperidine rings is 1. The summed E-state index contributed by atoms with van der Waals surface area (Å²) in [4.78, 5) is 38.2. The Morgan fingerprint density at radius 2 is 1.81 bits per heavy atom. The number of carbonyl (C=O) groups excluding carboxylic acids is 3. The summed E-state index contributed by atoms with van der Waals surface area (Å²) in [5.74, 6) is -3.01. The number of amides is 3. The molecule has 4 rings (SSSR count). The van der Waals surface area contributed by atoms with Crippen molar-refractivity contribution in [2.24, 2.45) is 11.8 Å². The van der Waals surface area contributed by atoms with Gasteiger partial charge in [-0.2, -0.15) is 0 Å². The van der Waals surface area contributed by atoms with Crippen molar-refractivity contribution < 1.29 is 18.8 Å². The lowest BCUT2D eigenvalue weighted by atomic mass is 9.81. The van der Waals surface area contributed by atoms with Gasteiger partial charge in [-0.3, -0.25) is 19.7 Å². The van der Waals surface area contributed by atoms with Gasteiger partial charge in [-0.1, -0.05) is 17.7 Å². The standard InChI is InChI=1S/C22H24FN5O3/c1-11-3-8-16(12(2)9-11)25-20(30)15-10-17(29)26-19-18(15)21(31)28-22(27-19)24-14-6-4-13(23)5-7-14/h3-9,15,18-19,22,24,27H,10H2,1-2H3,(H,25,30)(H,26,29)(H,28,31). The minimum Gasteiger partial charge on any atom is -0.353 e. The Morgan fingerprint density at radius 1 is 1.06 bits per heavy atom. The van der Waals surface area contributed by atoms with Crippen molar-refractivity contribution in [2.45, 2.75) is 32.7 Å². The number of hydrogen-bond donors (Lipinski definition) is 5.